The summed E-state index contributed by atoms with van der Waals surface area (Å²) >= 11 is 0. The van der Waals surface area contributed by atoms with Crippen molar-refractivity contribution in [2.45, 2.75) is 30.1 Å². The number of carbonyl (C=O) groups is 1. The Labute approximate surface area is 123 Å². The van der Waals surface area contributed by atoms with Gasteiger partial charge in [-0.1, -0.05) is 0 Å². The first kappa shape index (κ1) is 17.1. The zero-order chi connectivity index (χ0) is 16.7. The van der Waals surface area contributed by atoms with Crippen LogP contribution in [0.4, 0.5) is 0 Å². The molecule has 124 valence electrons. The summed E-state index contributed by atoms with van der Waals surface area (Å²) in [6, 6.07) is 0. The SMILES string of the molecule is NC(=O)C1=NC=NC1(N)C1O[C@H](CO)[C@@H](O)[C@H]1OP(=O)(O)O. The van der Waals surface area contributed by atoms with E-state index in [1.54, 1.807) is 0 Å². The van der Waals surface area contributed by atoms with Crippen molar-refractivity contribution >= 4 is 25.8 Å². The first-order valence-electron chi connectivity index (χ1n) is 5.99. The Morgan fingerprint density at radius 1 is 1.55 bits per heavy atom. The van der Waals surface area contributed by atoms with E-state index >= 15 is 0 Å². The number of aliphatic hydroxyl groups is 2. The zero-order valence-corrected chi connectivity index (χ0v) is 11.9. The molecule has 2 aliphatic rings. The number of phosphoric ester groups is 1. The third-order valence-electron chi connectivity index (χ3n) is 3.28. The maximum absolute atomic E-state index is 11.4. The second-order valence-electron chi connectivity index (χ2n) is 4.74. The van der Waals surface area contributed by atoms with Gasteiger partial charge < -0.3 is 30.5 Å². The van der Waals surface area contributed by atoms with Crippen molar-refractivity contribution in [3.63, 3.8) is 0 Å². The van der Waals surface area contributed by atoms with Gasteiger partial charge in [0.25, 0.3) is 5.91 Å². The van der Waals surface area contributed by atoms with Crippen LogP contribution in [0.15, 0.2) is 9.98 Å². The molecule has 8 N–H and O–H groups in total. The molecule has 0 saturated carbocycles. The average molecular weight is 338 g/mol. The van der Waals surface area contributed by atoms with Crippen LogP contribution in [0.25, 0.3) is 0 Å². The second-order valence-corrected chi connectivity index (χ2v) is 5.93. The average Bonchev–Trinajstić information content (AvgIpc) is 2.91. The Bertz CT molecular complexity index is 576. The molecular weight excluding hydrogens is 323 g/mol. The maximum Gasteiger partial charge on any atom is 0.470 e. The van der Waals surface area contributed by atoms with Crippen LogP contribution < -0.4 is 11.5 Å². The maximum atomic E-state index is 11.4. The van der Waals surface area contributed by atoms with Crippen molar-refractivity contribution in [3.05, 3.63) is 0 Å². The molecule has 0 aromatic rings. The third-order valence-corrected chi connectivity index (χ3v) is 3.80. The minimum absolute atomic E-state index is 0.428. The number of carbonyl (C=O) groups excluding carboxylic acids is 1. The summed E-state index contributed by atoms with van der Waals surface area (Å²) in [6.45, 7) is -0.679. The summed E-state index contributed by atoms with van der Waals surface area (Å²) in [5.41, 5.74) is 8.61. The van der Waals surface area contributed by atoms with Crippen LogP contribution in [0, 0.1) is 0 Å². The molecule has 13 heteroatoms. The predicted octanol–water partition coefficient (Wildman–Crippen LogP) is -3.79. The molecule has 0 aliphatic carbocycles. The minimum Gasteiger partial charge on any atom is -0.394 e. The van der Waals surface area contributed by atoms with Crippen LogP contribution in [0.5, 0.6) is 0 Å². The van der Waals surface area contributed by atoms with Crippen LogP contribution in [0.1, 0.15) is 0 Å². The Kier molecular flexibility index (Phi) is 4.48. The fourth-order valence-electron chi connectivity index (χ4n) is 2.33. The van der Waals surface area contributed by atoms with Gasteiger partial charge in [-0.15, -0.1) is 0 Å². The molecule has 22 heavy (non-hydrogen) atoms. The van der Waals surface area contributed by atoms with Crippen molar-refractivity contribution in [2.75, 3.05) is 6.61 Å². The lowest BCUT2D eigenvalue weighted by Crippen LogP contribution is -2.62. The highest BCUT2D eigenvalue weighted by atomic mass is 31.2. The summed E-state index contributed by atoms with van der Waals surface area (Å²) in [4.78, 5) is 36.6. The summed E-state index contributed by atoms with van der Waals surface area (Å²) < 4.78 is 20.8. The van der Waals surface area contributed by atoms with E-state index in [0.29, 0.717) is 0 Å². The highest BCUT2D eigenvalue weighted by molar-refractivity contribution is 7.46. The lowest BCUT2D eigenvalue weighted by molar-refractivity contribution is -0.112. The van der Waals surface area contributed by atoms with Crippen LogP contribution in [-0.2, 0) is 18.6 Å². The first-order valence-corrected chi connectivity index (χ1v) is 7.52. The van der Waals surface area contributed by atoms with Crippen molar-refractivity contribution in [1.29, 1.82) is 0 Å². The third kappa shape index (κ3) is 2.95. The number of nitrogens with two attached hydrogens (primary N) is 2. The number of primary amides is 1. The number of amides is 1. The molecule has 2 unspecified atom stereocenters. The summed E-state index contributed by atoms with van der Waals surface area (Å²) in [5, 5.41) is 19.1. The monoisotopic (exact) mass is 338 g/mol. The lowest BCUT2D eigenvalue weighted by atomic mass is 9.93. The van der Waals surface area contributed by atoms with Gasteiger partial charge in [0, 0.05) is 0 Å². The number of nitrogens with zero attached hydrogens (tertiary/aromatic N) is 2. The van der Waals surface area contributed by atoms with Crippen LogP contribution >= 0.6 is 7.82 Å². The minimum atomic E-state index is -5.03. The topological polar surface area (TPSA) is 210 Å². The first-order chi connectivity index (χ1) is 10.1. The van der Waals surface area contributed by atoms with Gasteiger partial charge in [-0.2, -0.15) is 0 Å². The number of hydrogen-bond donors (Lipinski definition) is 6. The number of rotatable bonds is 5. The Morgan fingerprint density at radius 3 is 2.68 bits per heavy atom. The predicted molar refractivity (Wildman–Crippen MR) is 70.7 cm³/mol. The van der Waals surface area contributed by atoms with E-state index in [4.69, 9.17) is 31.1 Å². The Morgan fingerprint density at radius 2 is 2.18 bits per heavy atom. The number of ether oxygens (including phenoxy) is 1. The van der Waals surface area contributed by atoms with Crippen molar-refractivity contribution in [2.24, 2.45) is 21.5 Å². The van der Waals surface area contributed by atoms with E-state index < -0.39 is 56.1 Å². The molecule has 0 aromatic heterocycles. The van der Waals surface area contributed by atoms with E-state index in [-0.39, 0.29) is 0 Å². The van der Waals surface area contributed by atoms with E-state index in [9.17, 15) is 14.5 Å². The molecular formula is C9H15N4O8P. The van der Waals surface area contributed by atoms with Gasteiger partial charge in [0.05, 0.1) is 6.61 Å². The van der Waals surface area contributed by atoms with E-state index in [1.165, 1.54) is 0 Å². The van der Waals surface area contributed by atoms with Gasteiger partial charge in [-0.25, -0.2) is 14.5 Å². The summed E-state index contributed by atoms with van der Waals surface area (Å²) in [7, 11) is -5.03. The molecule has 0 radical (unpaired) electrons. The van der Waals surface area contributed by atoms with E-state index in [1.807, 2.05) is 0 Å². The lowest BCUT2D eigenvalue weighted by Gasteiger charge is -2.31. The van der Waals surface area contributed by atoms with Crippen molar-refractivity contribution < 1.29 is 38.6 Å². The Hall–Kier alpha value is -1.24. The Balaban J connectivity index is 2.38. The van der Waals surface area contributed by atoms with E-state index in [0.717, 1.165) is 6.34 Å². The molecule has 0 aromatic carbocycles. The molecule has 2 heterocycles. The second kappa shape index (κ2) is 5.76. The number of aliphatic imine (C=N–C) groups is 2. The van der Waals surface area contributed by atoms with Crippen LogP contribution in [-0.4, -0.2) is 74.6 Å². The van der Waals surface area contributed by atoms with Gasteiger partial charge in [0.15, 0.2) is 11.4 Å². The number of phosphoric acid groups is 1. The largest absolute Gasteiger partial charge is 0.470 e. The molecule has 0 bridgehead atoms. The molecule has 12 nitrogen and oxygen atoms in total. The highest BCUT2D eigenvalue weighted by Crippen LogP contribution is 2.44. The summed E-state index contributed by atoms with van der Waals surface area (Å²) in [5.74, 6) is -1.03. The molecule has 0 spiro atoms. The molecule has 1 fully saturated rings. The number of aliphatic hydroxyl groups excluding tert-OH is 2. The van der Waals surface area contributed by atoms with E-state index in [2.05, 4.69) is 14.5 Å². The van der Waals surface area contributed by atoms with Crippen molar-refractivity contribution in [1.82, 2.24) is 0 Å². The molecule has 2 aliphatic heterocycles. The highest BCUT2D eigenvalue weighted by Gasteiger charge is 2.58. The molecule has 2 rings (SSSR count). The fourth-order valence-corrected chi connectivity index (χ4v) is 2.89. The normalized spacial score (nSPS) is 38.3. The van der Waals surface area contributed by atoms with Crippen LogP contribution in [0.3, 0.4) is 0 Å². The van der Waals surface area contributed by atoms with Gasteiger partial charge in [0.2, 0.25) is 0 Å². The van der Waals surface area contributed by atoms with Gasteiger partial charge >= 0.3 is 7.82 Å². The zero-order valence-electron chi connectivity index (χ0n) is 11.0. The van der Waals surface area contributed by atoms with Crippen LogP contribution in [0.2, 0.25) is 0 Å². The number of hydrogen-bond acceptors (Lipinski definition) is 9. The summed E-state index contributed by atoms with van der Waals surface area (Å²) in [6.07, 6.45) is -5.10. The fraction of sp³-hybridized carbons (Fsp3) is 0.667. The smallest absolute Gasteiger partial charge is 0.394 e. The standard InChI is InChI=1S/C9H15N4O8P/c10-8(16)6-9(11,13-2-12-6)7-5(21-22(17,18)19)4(15)3(1-14)20-7/h2-5,7,14-15H,1,11H2,(H2,10,16)(H2,17,18,19)/t3-,4-,5-,7?,9?/m1/s1. The molecule has 1 amide bonds. The van der Waals surface area contributed by atoms with Gasteiger partial charge in [0.1, 0.15) is 30.8 Å². The molecule has 5 atom stereocenters. The van der Waals surface area contributed by atoms with Gasteiger partial charge in [-0.05, 0) is 0 Å². The molecule has 1 saturated heterocycles. The van der Waals surface area contributed by atoms with Crippen molar-refractivity contribution in [3.8, 4) is 0 Å². The van der Waals surface area contributed by atoms with Gasteiger partial charge in [-0.3, -0.25) is 15.1 Å². The quantitative estimate of drug-likeness (QED) is 0.271.